The van der Waals surface area contributed by atoms with Crippen molar-refractivity contribution in [2.75, 3.05) is 39.8 Å². The molecule has 1 unspecified atom stereocenters. The van der Waals surface area contributed by atoms with Crippen molar-refractivity contribution in [3.05, 3.63) is 66.7 Å². The van der Waals surface area contributed by atoms with Gasteiger partial charge in [-0.25, -0.2) is 17.1 Å². The Bertz CT molecular complexity index is 1180. The number of rotatable bonds is 10. The molecular formula is C26H32FN3O3S. The topological polar surface area (TPSA) is 62.7 Å². The van der Waals surface area contributed by atoms with Crippen LogP contribution in [0.1, 0.15) is 25.7 Å². The maximum Gasteiger partial charge on any atom is 0.243 e. The van der Waals surface area contributed by atoms with Crippen molar-refractivity contribution in [3.63, 3.8) is 0 Å². The monoisotopic (exact) mass is 485 g/mol. The summed E-state index contributed by atoms with van der Waals surface area (Å²) >= 11 is 0. The van der Waals surface area contributed by atoms with E-state index in [2.05, 4.69) is 9.88 Å². The van der Waals surface area contributed by atoms with Crippen LogP contribution in [-0.4, -0.2) is 62.4 Å². The normalized spacial score (nSPS) is 17.3. The van der Waals surface area contributed by atoms with Gasteiger partial charge in [0.05, 0.1) is 11.5 Å². The number of likely N-dealkylation sites (tertiary alicyclic amines) is 1. The lowest BCUT2D eigenvalue weighted by Crippen LogP contribution is -2.42. The Morgan fingerprint density at radius 3 is 2.79 bits per heavy atom. The summed E-state index contributed by atoms with van der Waals surface area (Å²) in [7, 11) is -1.91. The number of pyridine rings is 1. The zero-order chi connectivity index (χ0) is 24.0. The number of hydrogen-bond acceptors (Lipinski definition) is 5. The standard InChI is InChI=1S/C26H32FN3O3S/c1-29(34(31,32)26-8-4-7-22-18-28-14-13-25(22)26)19-21-6-5-16-30(20-21)15-2-3-17-33-24-11-9-23(27)10-12-24/h4,7-14,18,21H,2-3,5-6,15-17,19-20H2,1H3. The summed E-state index contributed by atoms with van der Waals surface area (Å²) in [5.74, 6) is 0.728. The lowest BCUT2D eigenvalue weighted by atomic mass is 9.98. The first-order valence-corrected chi connectivity index (χ1v) is 13.3. The van der Waals surface area contributed by atoms with Gasteiger partial charge in [0.15, 0.2) is 0 Å². The van der Waals surface area contributed by atoms with Crippen LogP contribution >= 0.6 is 0 Å². The minimum Gasteiger partial charge on any atom is -0.494 e. The van der Waals surface area contributed by atoms with Gasteiger partial charge >= 0.3 is 0 Å². The smallest absolute Gasteiger partial charge is 0.243 e. The van der Waals surface area contributed by atoms with Crippen LogP contribution in [0.3, 0.4) is 0 Å². The van der Waals surface area contributed by atoms with Crippen molar-refractivity contribution in [3.8, 4) is 5.75 Å². The second kappa shape index (κ2) is 11.3. The summed E-state index contributed by atoms with van der Waals surface area (Å²) in [4.78, 5) is 6.87. The maximum absolute atomic E-state index is 13.3. The molecule has 1 fully saturated rings. The van der Waals surface area contributed by atoms with Gasteiger partial charge in [-0.1, -0.05) is 12.1 Å². The first-order valence-electron chi connectivity index (χ1n) is 11.8. The highest BCUT2D eigenvalue weighted by Crippen LogP contribution is 2.26. The predicted octanol–water partition coefficient (Wildman–Crippen LogP) is 4.57. The number of nitrogens with zero attached hydrogens (tertiary/aromatic N) is 3. The number of halogens is 1. The molecule has 0 saturated carbocycles. The third kappa shape index (κ3) is 6.11. The molecule has 182 valence electrons. The molecule has 0 aliphatic carbocycles. The van der Waals surface area contributed by atoms with Gasteiger partial charge in [-0.2, -0.15) is 0 Å². The van der Waals surface area contributed by atoms with Crippen LogP contribution in [0.4, 0.5) is 4.39 Å². The van der Waals surface area contributed by atoms with Crippen molar-refractivity contribution in [1.29, 1.82) is 0 Å². The summed E-state index contributed by atoms with van der Waals surface area (Å²) < 4.78 is 46.8. The molecule has 1 saturated heterocycles. The molecule has 8 heteroatoms. The van der Waals surface area contributed by atoms with Gasteiger partial charge in [0.25, 0.3) is 0 Å². The molecule has 1 aromatic heterocycles. The Hall–Kier alpha value is -2.55. The average molecular weight is 486 g/mol. The fraction of sp³-hybridized carbons (Fsp3) is 0.423. The van der Waals surface area contributed by atoms with Gasteiger partial charge in [-0.3, -0.25) is 4.98 Å². The van der Waals surface area contributed by atoms with Gasteiger partial charge in [0, 0.05) is 43.3 Å². The van der Waals surface area contributed by atoms with Gasteiger partial charge in [-0.15, -0.1) is 0 Å². The summed E-state index contributed by atoms with van der Waals surface area (Å²) in [5.41, 5.74) is 0. The van der Waals surface area contributed by atoms with Crippen LogP contribution in [0.25, 0.3) is 10.8 Å². The molecular weight excluding hydrogens is 453 g/mol. The first kappa shape index (κ1) is 24.6. The number of fused-ring (bicyclic) bond motifs is 1. The van der Waals surface area contributed by atoms with Crippen LogP contribution in [0.5, 0.6) is 5.75 Å². The highest BCUT2D eigenvalue weighted by molar-refractivity contribution is 7.89. The van der Waals surface area contributed by atoms with Gasteiger partial charge in [-0.05, 0) is 81.1 Å². The van der Waals surface area contributed by atoms with E-state index in [9.17, 15) is 12.8 Å². The SMILES string of the molecule is CN(CC1CCCN(CCCCOc2ccc(F)cc2)C1)S(=O)(=O)c1cccc2cnccc12. The summed E-state index contributed by atoms with van der Waals surface area (Å²) in [6.45, 7) is 4.02. The van der Waals surface area contributed by atoms with E-state index >= 15 is 0 Å². The van der Waals surface area contributed by atoms with Crippen molar-refractivity contribution in [2.24, 2.45) is 5.92 Å². The molecule has 0 amide bonds. The lowest BCUT2D eigenvalue weighted by molar-refractivity contribution is 0.156. The minimum absolute atomic E-state index is 0.264. The third-order valence-corrected chi connectivity index (χ3v) is 8.28. The Balaban J connectivity index is 1.26. The second-order valence-corrected chi connectivity index (χ2v) is 11.0. The largest absolute Gasteiger partial charge is 0.494 e. The van der Waals surface area contributed by atoms with Crippen LogP contribution in [0, 0.1) is 11.7 Å². The van der Waals surface area contributed by atoms with E-state index in [0.717, 1.165) is 50.7 Å². The lowest BCUT2D eigenvalue weighted by Gasteiger charge is -2.34. The van der Waals surface area contributed by atoms with Crippen LogP contribution < -0.4 is 4.74 Å². The fourth-order valence-electron chi connectivity index (χ4n) is 4.61. The molecule has 3 aromatic rings. The third-order valence-electron chi connectivity index (χ3n) is 6.40. The average Bonchev–Trinajstić information content (AvgIpc) is 2.85. The summed E-state index contributed by atoms with van der Waals surface area (Å²) in [6, 6.07) is 13.2. The van der Waals surface area contributed by atoms with Gasteiger partial charge in [0.1, 0.15) is 11.6 Å². The van der Waals surface area contributed by atoms with E-state index in [1.807, 2.05) is 6.07 Å². The molecule has 1 atom stereocenters. The molecule has 0 radical (unpaired) electrons. The van der Waals surface area contributed by atoms with E-state index in [-0.39, 0.29) is 5.82 Å². The van der Waals surface area contributed by atoms with Gasteiger partial charge < -0.3 is 9.64 Å². The quantitative estimate of drug-likeness (QED) is 0.394. The Labute approximate surface area is 201 Å². The maximum atomic E-state index is 13.3. The zero-order valence-corrected chi connectivity index (χ0v) is 20.4. The fourth-order valence-corrected chi connectivity index (χ4v) is 6.07. The molecule has 0 spiro atoms. The van der Waals surface area contributed by atoms with Crippen molar-refractivity contribution < 1.29 is 17.5 Å². The molecule has 2 aromatic carbocycles. The number of piperidine rings is 1. The number of hydrogen-bond donors (Lipinski definition) is 0. The van der Waals surface area contributed by atoms with Crippen LogP contribution in [-0.2, 0) is 10.0 Å². The van der Waals surface area contributed by atoms with Crippen molar-refractivity contribution in [2.45, 2.75) is 30.6 Å². The Kier molecular flexibility index (Phi) is 8.13. The second-order valence-electron chi connectivity index (χ2n) is 8.96. The zero-order valence-electron chi connectivity index (χ0n) is 19.6. The first-order chi connectivity index (χ1) is 16.4. The van der Waals surface area contributed by atoms with E-state index < -0.39 is 10.0 Å². The van der Waals surface area contributed by atoms with Crippen LogP contribution in [0.15, 0.2) is 65.8 Å². The summed E-state index contributed by atoms with van der Waals surface area (Å²) in [6.07, 6.45) is 7.35. The molecule has 0 bridgehead atoms. The number of unbranched alkanes of at least 4 members (excludes halogenated alkanes) is 1. The molecule has 2 heterocycles. The predicted molar refractivity (Wildman–Crippen MR) is 132 cm³/mol. The van der Waals surface area contributed by atoms with E-state index in [0.29, 0.717) is 35.1 Å². The highest BCUT2D eigenvalue weighted by Gasteiger charge is 2.28. The van der Waals surface area contributed by atoms with Crippen molar-refractivity contribution in [1.82, 2.24) is 14.2 Å². The van der Waals surface area contributed by atoms with E-state index in [1.165, 1.54) is 16.4 Å². The summed E-state index contributed by atoms with van der Waals surface area (Å²) in [5, 5.41) is 1.53. The molecule has 6 nitrogen and oxygen atoms in total. The van der Waals surface area contributed by atoms with E-state index in [4.69, 9.17) is 4.74 Å². The van der Waals surface area contributed by atoms with Gasteiger partial charge in [0.2, 0.25) is 10.0 Å². The van der Waals surface area contributed by atoms with Crippen molar-refractivity contribution >= 4 is 20.8 Å². The molecule has 0 N–H and O–H groups in total. The highest BCUT2D eigenvalue weighted by atomic mass is 32.2. The number of aromatic nitrogens is 1. The van der Waals surface area contributed by atoms with Crippen LogP contribution in [0.2, 0.25) is 0 Å². The Morgan fingerprint density at radius 2 is 1.97 bits per heavy atom. The number of sulfonamides is 1. The van der Waals surface area contributed by atoms with E-state index in [1.54, 1.807) is 49.8 Å². The molecule has 1 aliphatic rings. The number of benzene rings is 2. The Morgan fingerprint density at radius 1 is 1.15 bits per heavy atom. The minimum atomic E-state index is -3.59. The molecule has 4 rings (SSSR count). The molecule has 34 heavy (non-hydrogen) atoms. The molecule has 1 aliphatic heterocycles. The number of ether oxygens (including phenoxy) is 1.